The van der Waals surface area contributed by atoms with Crippen LogP contribution < -0.4 is 18.1 Å². The summed E-state index contributed by atoms with van der Waals surface area (Å²) in [5, 5.41) is 24.2. The van der Waals surface area contributed by atoms with E-state index < -0.39 is 15.6 Å². The molecule has 0 saturated carbocycles. The molecule has 0 fully saturated rings. The molecule has 2 N–H and O–H groups in total. The van der Waals surface area contributed by atoms with Gasteiger partial charge in [0.25, 0.3) is 0 Å². The summed E-state index contributed by atoms with van der Waals surface area (Å²) in [6.45, 7) is 0. The van der Waals surface area contributed by atoms with Crippen LogP contribution in [0.15, 0.2) is 340 Å². The largest absolute Gasteiger partial charge is 0.584 e. The van der Waals surface area contributed by atoms with E-state index in [2.05, 4.69) is 194 Å². The van der Waals surface area contributed by atoms with Gasteiger partial charge >= 0.3 is 15.6 Å². The molecule has 2 heterocycles. The number of fused-ring (bicyclic) bond motifs is 22. The van der Waals surface area contributed by atoms with Crippen molar-refractivity contribution in [2.24, 2.45) is 0 Å². The highest BCUT2D eigenvalue weighted by Gasteiger charge is 2.41. The van der Waals surface area contributed by atoms with Crippen molar-refractivity contribution in [1.29, 1.82) is 0 Å². The second-order valence-corrected chi connectivity index (χ2v) is 30.1. The minimum Gasteiger partial charge on any atom is -0.394 e. The minimum absolute atomic E-state index is 0.319. The number of hydrogen-bond donors (Lipinski definition) is 2. The van der Waals surface area contributed by atoms with Crippen LogP contribution in [0.5, 0.6) is 23.0 Å². The summed E-state index contributed by atoms with van der Waals surface area (Å²) in [5.41, 5.74) is 9.52. The molecule has 0 saturated heterocycles. The molecule has 0 spiro atoms. The smallest absolute Gasteiger partial charge is 0.394 e. The lowest BCUT2D eigenvalue weighted by Crippen LogP contribution is -2.00. The lowest BCUT2D eigenvalue weighted by atomic mass is 9.83. The highest BCUT2D eigenvalue weighted by molar-refractivity contribution is 7.48. The fourth-order valence-electron chi connectivity index (χ4n) is 17.1. The second-order valence-electron chi connectivity index (χ2n) is 27.5. The first-order valence-corrected chi connectivity index (χ1v) is 38.3. The Kier molecular flexibility index (Phi) is 13.9. The summed E-state index contributed by atoms with van der Waals surface area (Å²) < 4.78 is 54.9. The van der Waals surface area contributed by atoms with Gasteiger partial charge in [-0.2, -0.15) is 0 Å². The van der Waals surface area contributed by atoms with Crippen LogP contribution in [0.25, 0.3) is 196 Å². The van der Waals surface area contributed by atoms with Crippen LogP contribution in [0.2, 0.25) is 0 Å². The normalized spacial score (nSPS) is 13.5. The monoisotopic (exact) mass is 1400 g/mol. The van der Waals surface area contributed by atoms with Crippen molar-refractivity contribution >= 4 is 145 Å². The molecule has 10 heteroatoms. The van der Waals surface area contributed by atoms with Crippen LogP contribution >= 0.6 is 15.6 Å². The van der Waals surface area contributed by atoms with Gasteiger partial charge in [-0.25, -0.2) is 9.13 Å². The minimum atomic E-state index is -4.79. The Bertz CT molecular complexity index is 6270. The number of rotatable bonds is 4. The average Bonchev–Trinajstić information content (AvgIpc) is 1.15. The molecule has 106 heavy (non-hydrogen) atoms. The molecule has 22 rings (SSSR count). The maximum Gasteiger partial charge on any atom is 0.584 e. The van der Waals surface area contributed by atoms with Crippen molar-refractivity contribution in [3.05, 3.63) is 340 Å². The van der Waals surface area contributed by atoms with Crippen molar-refractivity contribution in [3.8, 4) is 89.8 Å². The molecular formula is C96H58O8P2. The van der Waals surface area contributed by atoms with Crippen molar-refractivity contribution in [3.63, 3.8) is 0 Å². The number of hydrogen-bond acceptors (Lipinski definition) is 6. The summed E-state index contributed by atoms with van der Waals surface area (Å²) in [4.78, 5) is 23.8. The summed E-state index contributed by atoms with van der Waals surface area (Å²) >= 11 is 0. The Balaban J connectivity index is 0.000000136. The third-order valence-corrected chi connectivity index (χ3v) is 23.1. The topological polar surface area (TPSA) is 112 Å². The Labute approximate surface area is 607 Å². The predicted octanol–water partition coefficient (Wildman–Crippen LogP) is 27.0. The zero-order chi connectivity index (χ0) is 70.5. The van der Waals surface area contributed by atoms with Crippen LogP contribution in [0.3, 0.4) is 0 Å². The van der Waals surface area contributed by atoms with Crippen LogP contribution in [-0.4, -0.2) is 9.79 Å². The lowest BCUT2D eigenvalue weighted by Gasteiger charge is -2.21. The second kappa shape index (κ2) is 23.8. The third-order valence-electron chi connectivity index (χ3n) is 21.5. The Morgan fingerprint density at radius 2 is 0.292 bits per heavy atom. The molecule has 0 bridgehead atoms. The van der Waals surface area contributed by atoms with Gasteiger partial charge in [0.2, 0.25) is 0 Å². The molecular weight excluding hydrogens is 1340 g/mol. The van der Waals surface area contributed by atoms with E-state index in [1.165, 1.54) is 0 Å². The maximum atomic E-state index is 14.6. The van der Waals surface area contributed by atoms with Crippen molar-refractivity contribution in [2.45, 2.75) is 0 Å². The van der Waals surface area contributed by atoms with E-state index in [1.807, 2.05) is 146 Å². The number of benzene rings is 20. The van der Waals surface area contributed by atoms with Gasteiger partial charge in [-0.3, -0.25) is 9.79 Å². The van der Waals surface area contributed by atoms with Gasteiger partial charge in [-0.1, -0.05) is 291 Å². The first kappa shape index (κ1) is 61.7. The molecule has 0 atom stereocenters. The average molecular weight is 1400 g/mol. The van der Waals surface area contributed by atoms with Gasteiger partial charge in [0.05, 0.1) is 0 Å². The Morgan fingerprint density at radius 1 is 0.170 bits per heavy atom. The molecule has 0 unspecified atom stereocenters. The quantitative estimate of drug-likeness (QED) is 0.132. The molecule has 20 aromatic carbocycles. The first-order chi connectivity index (χ1) is 52.0. The van der Waals surface area contributed by atoms with Gasteiger partial charge in [0, 0.05) is 66.8 Å². The summed E-state index contributed by atoms with van der Waals surface area (Å²) in [6.07, 6.45) is 0. The number of phosphoric acid groups is 2. The molecule has 2 aliphatic heterocycles. The highest BCUT2D eigenvalue weighted by Crippen LogP contribution is 2.65. The zero-order valence-corrected chi connectivity index (χ0v) is 58.4. The van der Waals surface area contributed by atoms with Crippen molar-refractivity contribution in [1.82, 2.24) is 0 Å². The Hall–Kier alpha value is -12.9. The summed E-state index contributed by atoms with van der Waals surface area (Å²) in [6, 6.07) is 116. The first-order valence-electron chi connectivity index (χ1n) is 35.4. The molecule has 2 aliphatic rings. The number of phosphoric ester groups is 2. The summed E-state index contributed by atoms with van der Waals surface area (Å²) in [5.74, 6) is 1.28. The van der Waals surface area contributed by atoms with Crippen LogP contribution in [-0.2, 0) is 9.13 Å². The predicted molar refractivity (Wildman–Crippen MR) is 438 cm³/mol. The van der Waals surface area contributed by atoms with Crippen molar-refractivity contribution in [2.75, 3.05) is 0 Å². The molecule has 8 nitrogen and oxygen atoms in total. The molecule has 0 aliphatic carbocycles. The molecule has 20 aromatic rings. The van der Waals surface area contributed by atoms with Crippen LogP contribution in [0.1, 0.15) is 0 Å². The van der Waals surface area contributed by atoms with E-state index in [9.17, 15) is 18.9 Å². The fraction of sp³-hybridized carbons (Fsp3) is 0. The third kappa shape index (κ3) is 9.77. The van der Waals surface area contributed by atoms with Gasteiger partial charge in [0.1, 0.15) is 23.0 Å². The molecule has 0 aromatic heterocycles. The van der Waals surface area contributed by atoms with Gasteiger partial charge in [-0.15, -0.1) is 0 Å². The molecule has 500 valence electrons. The highest BCUT2D eigenvalue weighted by atomic mass is 31.2. The van der Waals surface area contributed by atoms with Crippen molar-refractivity contribution < 1.29 is 37.0 Å². The summed E-state index contributed by atoms with van der Waals surface area (Å²) in [7, 11) is -9.57. The molecule has 0 amide bonds. The maximum absolute atomic E-state index is 14.6. The van der Waals surface area contributed by atoms with E-state index in [1.54, 1.807) is 0 Å². The van der Waals surface area contributed by atoms with E-state index in [-0.39, 0.29) is 0 Å². The van der Waals surface area contributed by atoms with Gasteiger partial charge < -0.3 is 18.1 Å². The lowest BCUT2D eigenvalue weighted by molar-refractivity contribution is 0.293. The van der Waals surface area contributed by atoms with E-state index in [4.69, 9.17) is 18.1 Å². The van der Waals surface area contributed by atoms with Gasteiger partial charge in [-0.05, 0) is 178 Å². The standard InChI is InChI=1S/2C48H29O4P/c2*49-53(50)51-47-41(43-35-19-7-1-13-29(35)25-30-14-2-8-20-36(30)43)27-33-17-5-11-23-39(33)45(47)46-40-24-12-6-18-34(40)28-42(48(46)52-53)44-37-21-9-3-15-31(37)26-32-16-4-10-22-38(32)44/h2*1-28H,(H,49,50). The van der Waals surface area contributed by atoms with Crippen LogP contribution in [0, 0.1) is 0 Å². The van der Waals surface area contributed by atoms with Crippen LogP contribution in [0.4, 0.5) is 0 Å². The fourth-order valence-corrected chi connectivity index (χ4v) is 18.9. The molecule has 0 radical (unpaired) electrons. The van der Waals surface area contributed by atoms with E-state index in [0.717, 1.165) is 196 Å². The van der Waals surface area contributed by atoms with E-state index in [0.29, 0.717) is 23.0 Å². The Morgan fingerprint density at radius 3 is 0.443 bits per heavy atom. The zero-order valence-electron chi connectivity index (χ0n) is 56.6. The SMILES string of the molecule is O=P1(O)Oc2c(-c3c4ccccc4cc4ccccc34)cc3ccccc3c2-c2c(c(-c3c4ccccc4cc4ccccc34)cc3ccccc23)O1.O=P1(O)Oc2c(-c3c4ccccc4cc4ccccc34)cc3ccccc3c2-c2c(c(-c3c4ccccc4cc4ccccc34)cc3ccccc23)O1. The van der Waals surface area contributed by atoms with Gasteiger partial charge in [0.15, 0.2) is 0 Å². The van der Waals surface area contributed by atoms with E-state index >= 15 is 0 Å².